The van der Waals surface area contributed by atoms with Gasteiger partial charge in [0, 0.05) is 16.5 Å². The number of Topliss-reactive ketones (excluding diaryl/α,β-unsaturated/α-hetero) is 1. The van der Waals surface area contributed by atoms with Crippen LogP contribution in [0.5, 0.6) is 0 Å². The minimum absolute atomic E-state index is 0.0715. The Bertz CT molecular complexity index is 393. The first kappa shape index (κ1) is 11.9. The summed E-state index contributed by atoms with van der Waals surface area (Å²) in [5.41, 5.74) is 10.9. The average molecular weight is 271 g/mol. The monoisotopic (exact) mass is 270 g/mol. The molecule has 4 N–H and O–H groups in total. The minimum atomic E-state index is -0.926. The highest BCUT2D eigenvalue weighted by atomic mass is 79.9. The van der Waals surface area contributed by atoms with Crippen LogP contribution in [0.15, 0.2) is 28.7 Å². The summed E-state index contributed by atoms with van der Waals surface area (Å²) in [6.07, 6.45) is -0.0715. The maximum Gasteiger partial charge on any atom is 0.234 e. The molecule has 0 aliphatic rings. The van der Waals surface area contributed by atoms with Gasteiger partial charge in [-0.2, -0.15) is 0 Å². The number of carbonyl (C=O) groups excluding carboxylic acids is 2. The fourth-order valence-electron chi connectivity index (χ4n) is 1.10. The maximum atomic E-state index is 11.7. The second kappa shape index (κ2) is 5.04. The number of hydrogen-bond acceptors (Lipinski definition) is 3. The number of carbonyl (C=O) groups is 2. The van der Waals surface area contributed by atoms with Gasteiger partial charge >= 0.3 is 0 Å². The van der Waals surface area contributed by atoms with Gasteiger partial charge in [-0.25, -0.2) is 0 Å². The molecule has 0 spiro atoms. The highest BCUT2D eigenvalue weighted by Gasteiger charge is 2.17. The number of rotatable bonds is 4. The Balaban J connectivity index is 2.78. The Morgan fingerprint density at radius 2 is 1.93 bits per heavy atom. The number of primary amides is 1. The zero-order valence-electron chi connectivity index (χ0n) is 7.94. The highest BCUT2D eigenvalue weighted by Crippen LogP contribution is 2.17. The fourth-order valence-corrected chi connectivity index (χ4v) is 1.60. The minimum Gasteiger partial charge on any atom is -0.368 e. The summed E-state index contributed by atoms with van der Waals surface area (Å²) >= 11 is 3.25. The molecule has 4 nitrogen and oxygen atoms in total. The highest BCUT2D eigenvalue weighted by molar-refractivity contribution is 9.10. The van der Waals surface area contributed by atoms with Crippen LogP contribution < -0.4 is 11.5 Å². The molecule has 0 aliphatic heterocycles. The summed E-state index contributed by atoms with van der Waals surface area (Å²) in [4.78, 5) is 22.3. The quantitative estimate of drug-likeness (QED) is 0.795. The fraction of sp³-hybridized carbons (Fsp3) is 0.200. The van der Waals surface area contributed by atoms with Gasteiger partial charge in [0.15, 0.2) is 5.78 Å². The molecule has 1 aromatic carbocycles. The predicted molar refractivity (Wildman–Crippen MR) is 60.3 cm³/mol. The van der Waals surface area contributed by atoms with Crippen molar-refractivity contribution in [2.24, 2.45) is 11.5 Å². The molecule has 80 valence electrons. The van der Waals surface area contributed by atoms with Crippen molar-refractivity contribution in [3.8, 4) is 0 Å². The number of nitrogens with two attached hydrogens (primary N) is 2. The lowest BCUT2D eigenvalue weighted by atomic mass is 10.0. The molecule has 5 heteroatoms. The summed E-state index contributed by atoms with van der Waals surface area (Å²) in [6, 6.07) is 6.04. The lowest BCUT2D eigenvalue weighted by Gasteiger charge is -2.07. The van der Waals surface area contributed by atoms with Crippen LogP contribution in [0.3, 0.4) is 0 Å². The molecular weight excluding hydrogens is 260 g/mol. The van der Waals surface area contributed by atoms with Gasteiger partial charge in [0.05, 0.1) is 6.04 Å². The molecular formula is C10H11BrN2O2. The third-order valence-electron chi connectivity index (χ3n) is 1.95. The zero-order valence-corrected chi connectivity index (χ0v) is 9.53. The number of ketones is 1. The number of benzene rings is 1. The Morgan fingerprint density at radius 1 is 1.33 bits per heavy atom. The van der Waals surface area contributed by atoms with Crippen molar-refractivity contribution in [1.29, 1.82) is 0 Å². The van der Waals surface area contributed by atoms with Crippen LogP contribution in [0.2, 0.25) is 0 Å². The van der Waals surface area contributed by atoms with Crippen LogP contribution in [0.1, 0.15) is 16.8 Å². The van der Waals surface area contributed by atoms with E-state index in [-0.39, 0.29) is 12.2 Å². The predicted octanol–water partition coefficient (Wildman–Crippen LogP) is 0.835. The zero-order chi connectivity index (χ0) is 11.4. The van der Waals surface area contributed by atoms with Crippen molar-refractivity contribution in [3.63, 3.8) is 0 Å². The van der Waals surface area contributed by atoms with Gasteiger partial charge in [0.1, 0.15) is 0 Å². The topological polar surface area (TPSA) is 86.2 Å². The Morgan fingerprint density at radius 3 is 2.47 bits per heavy atom. The van der Waals surface area contributed by atoms with Crippen molar-refractivity contribution in [2.75, 3.05) is 0 Å². The van der Waals surface area contributed by atoms with Gasteiger partial charge in [0.2, 0.25) is 5.91 Å². The van der Waals surface area contributed by atoms with E-state index in [9.17, 15) is 9.59 Å². The van der Waals surface area contributed by atoms with Crippen molar-refractivity contribution < 1.29 is 9.59 Å². The third-order valence-corrected chi connectivity index (χ3v) is 2.64. The van der Waals surface area contributed by atoms with Crippen LogP contribution in [0.25, 0.3) is 0 Å². The Hall–Kier alpha value is -1.20. The van der Waals surface area contributed by atoms with Crippen molar-refractivity contribution in [3.05, 3.63) is 34.3 Å². The van der Waals surface area contributed by atoms with E-state index in [0.717, 1.165) is 0 Å². The van der Waals surface area contributed by atoms with E-state index < -0.39 is 11.9 Å². The van der Waals surface area contributed by atoms with Gasteiger partial charge in [-0.15, -0.1) is 0 Å². The normalized spacial score (nSPS) is 12.1. The number of halogens is 1. The van der Waals surface area contributed by atoms with Gasteiger partial charge in [-0.1, -0.05) is 34.1 Å². The number of hydrogen-bond donors (Lipinski definition) is 2. The van der Waals surface area contributed by atoms with Crippen LogP contribution in [-0.4, -0.2) is 17.7 Å². The first-order chi connectivity index (χ1) is 7.02. The molecule has 0 bridgehead atoms. The van der Waals surface area contributed by atoms with E-state index in [1.807, 2.05) is 0 Å². The maximum absolute atomic E-state index is 11.7. The van der Waals surface area contributed by atoms with E-state index in [2.05, 4.69) is 15.9 Å². The SMILES string of the molecule is NC(=O)C(N)CC(=O)c1ccccc1Br. The van der Waals surface area contributed by atoms with Crippen LogP contribution in [0.4, 0.5) is 0 Å². The third kappa shape index (κ3) is 3.14. The molecule has 1 atom stereocenters. The van der Waals surface area contributed by atoms with Crippen LogP contribution in [0, 0.1) is 0 Å². The second-order valence-electron chi connectivity index (χ2n) is 3.12. The first-order valence-electron chi connectivity index (χ1n) is 4.35. The van der Waals surface area contributed by atoms with E-state index in [1.165, 1.54) is 0 Å². The molecule has 0 aliphatic carbocycles. The summed E-state index contributed by atoms with van der Waals surface area (Å²) in [6.45, 7) is 0. The lowest BCUT2D eigenvalue weighted by molar-refractivity contribution is -0.119. The summed E-state index contributed by atoms with van der Waals surface area (Å²) in [5, 5.41) is 0. The van der Waals surface area contributed by atoms with Crippen molar-refractivity contribution >= 4 is 27.6 Å². The van der Waals surface area contributed by atoms with Crippen LogP contribution in [-0.2, 0) is 4.79 Å². The average Bonchev–Trinajstić information content (AvgIpc) is 2.18. The van der Waals surface area contributed by atoms with Crippen LogP contribution >= 0.6 is 15.9 Å². The molecule has 0 aromatic heterocycles. The van der Waals surface area contributed by atoms with E-state index in [4.69, 9.17) is 11.5 Å². The molecule has 0 radical (unpaired) electrons. The van der Waals surface area contributed by atoms with Gasteiger partial charge in [0.25, 0.3) is 0 Å². The molecule has 0 saturated heterocycles. The molecule has 1 amide bonds. The molecule has 0 saturated carbocycles. The number of amides is 1. The largest absolute Gasteiger partial charge is 0.368 e. The second-order valence-corrected chi connectivity index (χ2v) is 3.97. The molecule has 15 heavy (non-hydrogen) atoms. The van der Waals surface area contributed by atoms with Gasteiger partial charge in [-0.3, -0.25) is 9.59 Å². The lowest BCUT2D eigenvalue weighted by Crippen LogP contribution is -2.38. The molecule has 1 aromatic rings. The molecule has 1 unspecified atom stereocenters. The smallest absolute Gasteiger partial charge is 0.234 e. The summed E-state index contributed by atoms with van der Waals surface area (Å²) in [7, 11) is 0. The Labute approximate surface area is 95.8 Å². The van der Waals surface area contributed by atoms with E-state index in [1.54, 1.807) is 24.3 Å². The molecule has 0 heterocycles. The van der Waals surface area contributed by atoms with Gasteiger partial charge in [-0.05, 0) is 6.07 Å². The van der Waals surface area contributed by atoms with Crippen molar-refractivity contribution in [2.45, 2.75) is 12.5 Å². The first-order valence-corrected chi connectivity index (χ1v) is 5.14. The van der Waals surface area contributed by atoms with Gasteiger partial charge < -0.3 is 11.5 Å². The van der Waals surface area contributed by atoms with Crippen molar-refractivity contribution in [1.82, 2.24) is 0 Å². The molecule has 1 rings (SSSR count). The standard InChI is InChI=1S/C10H11BrN2O2/c11-7-4-2-1-3-6(7)9(14)5-8(12)10(13)15/h1-4,8H,5,12H2,(H2,13,15). The summed E-state index contributed by atoms with van der Waals surface area (Å²) < 4.78 is 0.687. The molecule has 0 fully saturated rings. The van der Waals surface area contributed by atoms with E-state index in [0.29, 0.717) is 10.0 Å². The van der Waals surface area contributed by atoms with E-state index >= 15 is 0 Å². The summed E-state index contributed by atoms with van der Waals surface area (Å²) in [5.74, 6) is -0.871. The Kier molecular flexibility index (Phi) is 3.99.